The van der Waals surface area contributed by atoms with Crippen LogP contribution in [0.15, 0.2) is 23.2 Å². The summed E-state index contributed by atoms with van der Waals surface area (Å²) in [5, 5.41) is 0.685. The first-order valence-corrected chi connectivity index (χ1v) is 5.14. The van der Waals surface area contributed by atoms with Gasteiger partial charge in [-0.25, -0.2) is 4.79 Å². The van der Waals surface area contributed by atoms with Crippen molar-refractivity contribution in [3.05, 3.63) is 28.8 Å². The van der Waals surface area contributed by atoms with Crippen LogP contribution in [0.2, 0.25) is 5.02 Å². The van der Waals surface area contributed by atoms with Crippen LogP contribution in [-0.4, -0.2) is 31.1 Å². The Morgan fingerprint density at radius 1 is 1.53 bits per heavy atom. The van der Waals surface area contributed by atoms with Crippen LogP contribution in [0.25, 0.3) is 0 Å². The van der Waals surface area contributed by atoms with Crippen LogP contribution in [0.1, 0.15) is 11.5 Å². The van der Waals surface area contributed by atoms with E-state index >= 15 is 0 Å². The number of hydrogen-bond acceptors (Lipinski definition) is 3. The summed E-state index contributed by atoms with van der Waals surface area (Å²) in [7, 11) is 2.08. The van der Waals surface area contributed by atoms with E-state index in [0.717, 1.165) is 18.7 Å². The van der Waals surface area contributed by atoms with Gasteiger partial charge in [0.25, 0.3) is 0 Å². The number of aliphatic imine (C=N–C) groups is 1. The van der Waals surface area contributed by atoms with E-state index in [1.807, 2.05) is 6.07 Å². The van der Waals surface area contributed by atoms with Gasteiger partial charge in [-0.15, -0.1) is 0 Å². The van der Waals surface area contributed by atoms with Gasteiger partial charge < -0.3 is 4.90 Å². The van der Waals surface area contributed by atoms with Crippen molar-refractivity contribution in [3.8, 4) is 0 Å². The Hall–Kier alpha value is -1.15. The van der Waals surface area contributed by atoms with E-state index in [1.54, 1.807) is 12.1 Å². The predicted octanol–water partition coefficient (Wildman–Crippen LogP) is 2.34. The SMILES string of the molecule is CN1CC(c2ccc(N=C=O)cc2Cl)C1. The highest BCUT2D eigenvalue weighted by Gasteiger charge is 2.26. The second-order valence-corrected chi connectivity index (χ2v) is 4.23. The number of nitrogens with zero attached hydrogens (tertiary/aromatic N) is 2. The highest BCUT2D eigenvalue weighted by atomic mass is 35.5. The zero-order valence-electron chi connectivity index (χ0n) is 8.40. The topological polar surface area (TPSA) is 32.7 Å². The van der Waals surface area contributed by atoms with Crippen LogP contribution < -0.4 is 0 Å². The molecule has 1 aliphatic heterocycles. The lowest BCUT2D eigenvalue weighted by molar-refractivity contribution is 0.190. The van der Waals surface area contributed by atoms with Gasteiger partial charge in [0.2, 0.25) is 6.08 Å². The van der Waals surface area contributed by atoms with Gasteiger partial charge in [-0.05, 0) is 24.7 Å². The van der Waals surface area contributed by atoms with Crippen molar-refractivity contribution < 1.29 is 4.79 Å². The van der Waals surface area contributed by atoms with Gasteiger partial charge in [-0.3, -0.25) is 0 Å². The lowest BCUT2D eigenvalue weighted by atomic mass is 9.92. The Morgan fingerprint density at radius 2 is 2.27 bits per heavy atom. The second-order valence-electron chi connectivity index (χ2n) is 3.83. The first-order valence-electron chi connectivity index (χ1n) is 4.76. The molecule has 78 valence electrons. The number of rotatable bonds is 2. The smallest absolute Gasteiger partial charge is 0.240 e. The molecule has 3 nitrogen and oxygen atoms in total. The summed E-state index contributed by atoms with van der Waals surface area (Å²) in [6.45, 7) is 2.08. The molecular weight excluding hydrogens is 212 g/mol. The molecule has 0 amide bonds. The van der Waals surface area contributed by atoms with Gasteiger partial charge in [-0.1, -0.05) is 17.7 Å². The standard InChI is InChI=1S/C11H11ClN2O/c1-14-5-8(6-14)10-3-2-9(13-7-15)4-11(10)12/h2-4,8H,5-6H2,1H3. The summed E-state index contributed by atoms with van der Waals surface area (Å²) < 4.78 is 0. The highest BCUT2D eigenvalue weighted by molar-refractivity contribution is 6.31. The van der Waals surface area contributed by atoms with Crippen molar-refractivity contribution in [1.29, 1.82) is 0 Å². The van der Waals surface area contributed by atoms with Crippen molar-refractivity contribution in [2.45, 2.75) is 5.92 Å². The Bertz CT molecular complexity index is 421. The Balaban J connectivity index is 2.23. The Labute approximate surface area is 93.4 Å². The second kappa shape index (κ2) is 4.15. The van der Waals surface area contributed by atoms with Crippen molar-refractivity contribution >= 4 is 23.4 Å². The molecular formula is C11H11ClN2O. The maximum Gasteiger partial charge on any atom is 0.240 e. The molecule has 15 heavy (non-hydrogen) atoms. The maximum absolute atomic E-state index is 10.1. The monoisotopic (exact) mass is 222 g/mol. The molecule has 4 heteroatoms. The Morgan fingerprint density at radius 3 is 2.80 bits per heavy atom. The molecule has 1 heterocycles. The van der Waals surface area contributed by atoms with E-state index in [2.05, 4.69) is 16.9 Å². The van der Waals surface area contributed by atoms with E-state index in [-0.39, 0.29) is 0 Å². The van der Waals surface area contributed by atoms with Gasteiger partial charge in [0, 0.05) is 24.0 Å². The summed E-state index contributed by atoms with van der Waals surface area (Å²) in [5.74, 6) is 0.511. The molecule has 1 saturated heterocycles. The predicted molar refractivity (Wildman–Crippen MR) is 59.5 cm³/mol. The van der Waals surface area contributed by atoms with Crippen LogP contribution in [-0.2, 0) is 4.79 Å². The van der Waals surface area contributed by atoms with Crippen molar-refractivity contribution in [1.82, 2.24) is 4.90 Å². The first-order chi connectivity index (χ1) is 7.20. The molecule has 1 fully saturated rings. The van der Waals surface area contributed by atoms with Gasteiger partial charge in [0.15, 0.2) is 0 Å². The van der Waals surface area contributed by atoms with E-state index in [0.29, 0.717) is 16.6 Å². The molecule has 0 aromatic heterocycles. The van der Waals surface area contributed by atoms with Crippen LogP contribution in [0.4, 0.5) is 5.69 Å². The third kappa shape index (κ3) is 2.10. The van der Waals surface area contributed by atoms with Crippen LogP contribution >= 0.6 is 11.6 Å². The van der Waals surface area contributed by atoms with Gasteiger partial charge in [-0.2, -0.15) is 4.99 Å². The third-order valence-corrected chi connectivity index (χ3v) is 2.99. The van der Waals surface area contributed by atoms with Crippen molar-refractivity contribution in [3.63, 3.8) is 0 Å². The molecule has 0 aliphatic carbocycles. The fourth-order valence-corrected chi connectivity index (χ4v) is 2.19. The zero-order chi connectivity index (χ0) is 10.8. The molecule has 1 aromatic carbocycles. The van der Waals surface area contributed by atoms with Crippen molar-refractivity contribution in [2.75, 3.05) is 20.1 Å². The van der Waals surface area contributed by atoms with E-state index in [9.17, 15) is 4.79 Å². The number of likely N-dealkylation sites (N-methyl/N-ethyl adjacent to an activating group) is 1. The largest absolute Gasteiger partial charge is 0.305 e. The number of hydrogen-bond donors (Lipinski definition) is 0. The lowest BCUT2D eigenvalue weighted by Crippen LogP contribution is -2.41. The van der Waals surface area contributed by atoms with Gasteiger partial charge in [0.05, 0.1) is 5.69 Å². The molecule has 0 saturated carbocycles. The normalized spacial score (nSPS) is 16.9. The minimum absolute atomic E-state index is 0.511. The highest BCUT2D eigenvalue weighted by Crippen LogP contribution is 2.33. The van der Waals surface area contributed by atoms with E-state index < -0.39 is 0 Å². The van der Waals surface area contributed by atoms with Gasteiger partial charge >= 0.3 is 0 Å². The molecule has 1 aliphatic rings. The minimum Gasteiger partial charge on any atom is -0.305 e. The summed E-state index contributed by atoms with van der Waals surface area (Å²) in [5.41, 5.74) is 1.70. The quantitative estimate of drug-likeness (QED) is 0.568. The van der Waals surface area contributed by atoms with Crippen LogP contribution in [0.3, 0.4) is 0 Å². The maximum atomic E-state index is 10.1. The number of isocyanates is 1. The molecule has 0 unspecified atom stereocenters. The molecule has 0 N–H and O–H groups in total. The average Bonchev–Trinajstić information content (AvgIpc) is 2.15. The van der Waals surface area contributed by atoms with Crippen LogP contribution in [0.5, 0.6) is 0 Å². The van der Waals surface area contributed by atoms with Crippen LogP contribution in [0, 0.1) is 0 Å². The molecule has 0 atom stereocenters. The molecule has 0 radical (unpaired) electrons. The fourth-order valence-electron chi connectivity index (χ4n) is 1.87. The molecule has 2 rings (SSSR count). The molecule has 0 bridgehead atoms. The average molecular weight is 223 g/mol. The summed E-state index contributed by atoms with van der Waals surface area (Å²) >= 11 is 6.11. The Kier molecular flexibility index (Phi) is 2.87. The first kappa shape index (κ1) is 10.4. The third-order valence-electron chi connectivity index (χ3n) is 2.66. The zero-order valence-corrected chi connectivity index (χ0v) is 9.16. The van der Waals surface area contributed by atoms with E-state index in [1.165, 1.54) is 6.08 Å². The number of halogens is 1. The van der Waals surface area contributed by atoms with Gasteiger partial charge in [0.1, 0.15) is 0 Å². The van der Waals surface area contributed by atoms with Crippen molar-refractivity contribution in [2.24, 2.45) is 4.99 Å². The summed E-state index contributed by atoms with van der Waals surface area (Å²) in [6, 6.07) is 5.45. The lowest BCUT2D eigenvalue weighted by Gasteiger charge is -2.36. The number of carbonyl (C=O) groups excluding carboxylic acids is 1. The molecule has 1 aromatic rings. The fraction of sp³-hybridized carbons (Fsp3) is 0.364. The number of benzene rings is 1. The molecule has 0 spiro atoms. The summed E-state index contributed by atoms with van der Waals surface area (Å²) in [4.78, 5) is 15.8. The summed E-state index contributed by atoms with van der Waals surface area (Å²) in [6.07, 6.45) is 1.50. The minimum atomic E-state index is 0.511. The van der Waals surface area contributed by atoms with E-state index in [4.69, 9.17) is 11.6 Å². The number of likely N-dealkylation sites (tertiary alicyclic amines) is 1.